The number of imide groups is 1. The summed E-state index contributed by atoms with van der Waals surface area (Å²) >= 11 is 0. The van der Waals surface area contributed by atoms with Crippen molar-refractivity contribution < 1.29 is 18.7 Å². The number of ether oxygens (including phenoxy) is 1. The van der Waals surface area contributed by atoms with Gasteiger partial charge in [0, 0.05) is 19.6 Å². The van der Waals surface area contributed by atoms with Crippen LogP contribution >= 0.6 is 0 Å². The van der Waals surface area contributed by atoms with E-state index in [0.717, 1.165) is 5.56 Å². The first kappa shape index (κ1) is 16.4. The Bertz CT molecular complexity index is 539. The number of hydrogen-bond acceptors (Lipinski definition) is 4. The molecule has 0 spiro atoms. The summed E-state index contributed by atoms with van der Waals surface area (Å²) in [6.07, 6.45) is -0.276. The minimum absolute atomic E-state index is 0.103. The van der Waals surface area contributed by atoms with E-state index < -0.39 is 6.03 Å². The monoisotopic (exact) mass is 309 g/mol. The smallest absolute Gasteiger partial charge is 0.321 e. The van der Waals surface area contributed by atoms with Crippen LogP contribution in [0.3, 0.4) is 0 Å². The number of benzene rings is 1. The third kappa shape index (κ3) is 4.78. The summed E-state index contributed by atoms with van der Waals surface area (Å²) < 4.78 is 18.9. The second kappa shape index (κ2) is 7.86. The topological polar surface area (TPSA) is 70.7 Å². The molecule has 0 aliphatic carbocycles. The molecule has 1 saturated heterocycles. The van der Waals surface area contributed by atoms with Gasteiger partial charge in [-0.05, 0) is 24.6 Å². The highest BCUT2D eigenvalue weighted by Crippen LogP contribution is 2.22. The van der Waals surface area contributed by atoms with Gasteiger partial charge in [-0.15, -0.1) is 0 Å². The van der Waals surface area contributed by atoms with Crippen LogP contribution in [0.1, 0.15) is 18.6 Å². The number of carbonyl (C=O) groups excluding carboxylic acids is 2. The summed E-state index contributed by atoms with van der Waals surface area (Å²) in [5.74, 6) is -0.682. The fourth-order valence-electron chi connectivity index (χ4n) is 2.33. The fraction of sp³-hybridized carbons (Fsp3) is 0.467. The molecule has 1 aromatic carbocycles. The lowest BCUT2D eigenvalue weighted by atomic mass is 10.1. The molecular weight excluding hydrogens is 289 g/mol. The van der Waals surface area contributed by atoms with Gasteiger partial charge in [0.25, 0.3) is 0 Å². The van der Waals surface area contributed by atoms with E-state index in [2.05, 4.69) is 10.6 Å². The van der Waals surface area contributed by atoms with Gasteiger partial charge in [0.2, 0.25) is 5.91 Å². The number of amides is 3. The number of rotatable bonds is 4. The molecule has 1 aromatic rings. The third-order valence-electron chi connectivity index (χ3n) is 3.33. The highest BCUT2D eigenvalue weighted by molar-refractivity contribution is 5.95. The Kier molecular flexibility index (Phi) is 5.85. The molecule has 0 bridgehead atoms. The van der Waals surface area contributed by atoms with Gasteiger partial charge in [-0.2, -0.15) is 0 Å². The van der Waals surface area contributed by atoms with Crippen molar-refractivity contribution >= 4 is 11.9 Å². The zero-order valence-corrected chi connectivity index (χ0v) is 12.5. The van der Waals surface area contributed by atoms with Crippen molar-refractivity contribution in [1.82, 2.24) is 15.5 Å². The number of urea groups is 1. The molecule has 120 valence electrons. The second-order valence-corrected chi connectivity index (χ2v) is 5.06. The number of nitrogens with zero attached hydrogens (tertiary/aromatic N) is 1. The van der Waals surface area contributed by atoms with Crippen molar-refractivity contribution in [2.45, 2.75) is 13.0 Å². The molecule has 1 aliphatic rings. The molecular formula is C15H20FN3O3. The van der Waals surface area contributed by atoms with Crippen LogP contribution in [0, 0.1) is 5.82 Å². The van der Waals surface area contributed by atoms with Crippen molar-refractivity contribution in [3.8, 4) is 0 Å². The Balaban J connectivity index is 1.88. The molecule has 2 rings (SSSR count). The standard InChI is InChI=1S/C15H20FN3O3/c1-2-17-15(21)18-14(20)10-19-6-7-22-13(9-19)11-4-3-5-12(16)8-11/h3-5,8,13H,2,6-7,9-10H2,1H3,(H2,17,18,20,21). The number of halogens is 1. The van der Waals surface area contributed by atoms with E-state index in [1.54, 1.807) is 19.1 Å². The first-order valence-corrected chi connectivity index (χ1v) is 7.25. The van der Waals surface area contributed by atoms with E-state index >= 15 is 0 Å². The number of carbonyl (C=O) groups is 2. The predicted molar refractivity (Wildman–Crippen MR) is 78.7 cm³/mol. The van der Waals surface area contributed by atoms with Gasteiger partial charge in [-0.25, -0.2) is 9.18 Å². The van der Waals surface area contributed by atoms with Crippen LogP contribution < -0.4 is 10.6 Å². The molecule has 1 heterocycles. The minimum Gasteiger partial charge on any atom is -0.371 e. The molecule has 0 radical (unpaired) electrons. The van der Waals surface area contributed by atoms with Crippen LogP contribution in [0.5, 0.6) is 0 Å². The molecule has 0 saturated carbocycles. The highest BCUT2D eigenvalue weighted by Gasteiger charge is 2.24. The SMILES string of the molecule is CCNC(=O)NC(=O)CN1CCOC(c2cccc(F)c2)C1. The van der Waals surface area contributed by atoms with E-state index in [9.17, 15) is 14.0 Å². The van der Waals surface area contributed by atoms with Gasteiger partial charge in [0.15, 0.2) is 0 Å². The van der Waals surface area contributed by atoms with Crippen LogP contribution in [-0.4, -0.2) is 49.6 Å². The lowest BCUT2D eigenvalue weighted by molar-refractivity contribution is -0.123. The summed E-state index contributed by atoms with van der Waals surface area (Å²) in [5.41, 5.74) is 0.744. The van der Waals surface area contributed by atoms with Crippen LogP contribution in [0.2, 0.25) is 0 Å². The first-order chi connectivity index (χ1) is 10.6. The minimum atomic E-state index is -0.498. The lowest BCUT2D eigenvalue weighted by Gasteiger charge is -2.32. The molecule has 1 unspecified atom stereocenters. The van der Waals surface area contributed by atoms with Crippen LogP contribution in [-0.2, 0) is 9.53 Å². The molecule has 7 heteroatoms. The average molecular weight is 309 g/mol. The van der Waals surface area contributed by atoms with Gasteiger partial charge in [-0.3, -0.25) is 15.0 Å². The van der Waals surface area contributed by atoms with E-state index in [4.69, 9.17) is 4.74 Å². The predicted octanol–water partition coefficient (Wildman–Crippen LogP) is 1.04. The lowest BCUT2D eigenvalue weighted by Crippen LogP contribution is -2.47. The zero-order chi connectivity index (χ0) is 15.9. The first-order valence-electron chi connectivity index (χ1n) is 7.25. The highest BCUT2D eigenvalue weighted by atomic mass is 19.1. The van der Waals surface area contributed by atoms with Crippen molar-refractivity contribution in [3.63, 3.8) is 0 Å². The Morgan fingerprint density at radius 1 is 1.45 bits per heavy atom. The van der Waals surface area contributed by atoms with E-state index in [1.807, 2.05) is 4.90 Å². The van der Waals surface area contributed by atoms with Crippen molar-refractivity contribution in [2.24, 2.45) is 0 Å². The molecule has 6 nitrogen and oxygen atoms in total. The number of nitrogens with one attached hydrogen (secondary N) is 2. The summed E-state index contributed by atoms with van der Waals surface area (Å²) in [7, 11) is 0. The summed E-state index contributed by atoms with van der Waals surface area (Å²) in [5, 5.41) is 4.76. The Morgan fingerprint density at radius 2 is 2.27 bits per heavy atom. The molecule has 22 heavy (non-hydrogen) atoms. The van der Waals surface area contributed by atoms with Gasteiger partial charge >= 0.3 is 6.03 Å². The number of morpholine rings is 1. The van der Waals surface area contributed by atoms with Gasteiger partial charge in [0.05, 0.1) is 19.3 Å². The Hall–Kier alpha value is -1.99. The summed E-state index contributed by atoms with van der Waals surface area (Å²) in [6, 6.07) is 5.75. The van der Waals surface area contributed by atoms with Crippen molar-refractivity contribution in [3.05, 3.63) is 35.6 Å². The van der Waals surface area contributed by atoms with Crippen molar-refractivity contribution in [2.75, 3.05) is 32.8 Å². The zero-order valence-electron chi connectivity index (χ0n) is 12.5. The molecule has 1 fully saturated rings. The molecule has 3 amide bonds. The molecule has 1 atom stereocenters. The molecule has 1 aliphatic heterocycles. The third-order valence-corrected chi connectivity index (χ3v) is 3.33. The van der Waals surface area contributed by atoms with Crippen LogP contribution in [0.4, 0.5) is 9.18 Å². The second-order valence-electron chi connectivity index (χ2n) is 5.06. The van der Waals surface area contributed by atoms with Gasteiger partial charge in [-0.1, -0.05) is 12.1 Å². The Labute approximate surface area is 128 Å². The fourth-order valence-corrected chi connectivity index (χ4v) is 2.33. The van der Waals surface area contributed by atoms with Crippen molar-refractivity contribution in [1.29, 1.82) is 0 Å². The summed E-state index contributed by atoms with van der Waals surface area (Å²) in [6.45, 7) is 3.86. The molecule has 0 aromatic heterocycles. The van der Waals surface area contributed by atoms with Gasteiger partial charge in [0.1, 0.15) is 5.82 Å². The van der Waals surface area contributed by atoms with Gasteiger partial charge < -0.3 is 10.1 Å². The van der Waals surface area contributed by atoms with Crippen LogP contribution in [0.15, 0.2) is 24.3 Å². The maximum absolute atomic E-state index is 13.3. The molecule has 2 N–H and O–H groups in total. The van der Waals surface area contributed by atoms with E-state index in [0.29, 0.717) is 26.2 Å². The average Bonchev–Trinajstić information content (AvgIpc) is 2.47. The number of hydrogen-bond donors (Lipinski definition) is 2. The maximum Gasteiger partial charge on any atom is 0.321 e. The van der Waals surface area contributed by atoms with Crippen LogP contribution in [0.25, 0.3) is 0 Å². The Morgan fingerprint density at radius 3 is 3.00 bits per heavy atom. The largest absolute Gasteiger partial charge is 0.371 e. The normalized spacial score (nSPS) is 18.7. The maximum atomic E-state index is 13.3. The van der Waals surface area contributed by atoms with E-state index in [1.165, 1.54) is 12.1 Å². The quantitative estimate of drug-likeness (QED) is 0.872. The van der Waals surface area contributed by atoms with E-state index in [-0.39, 0.29) is 24.4 Å². The summed E-state index contributed by atoms with van der Waals surface area (Å²) in [4.78, 5) is 25.0.